The summed E-state index contributed by atoms with van der Waals surface area (Å²) in [5, 5.41) is 149. The van der Waals surface area contributed by atoms with Crippen molar-refractivity contribution in [2.45, 2.75) is 181 Å². The molecule has 6 aliphatic heterocycles. The van der Waals surface area contributed by atoms with E-state index in [2.05, 4.69) is 0 Å². The predicted molar refractivity (Wildman–Crippen MR) is 380 cm³/mol. The molecule has 6 fully saturated rings. The van der Waals surface area contributed by atoms with Crippen LogP contribution in [-0.4, -0.2) is 244 Å². The second kappa shape index (κ2) is 38.8. The van der Waals surface area contributed by atoms with Crippen LogP contribution in [0.1, 0.15) is 94.9 Å². The summed E-state index contributed by atoms with van der Waals surface area (Å²) in [5.74, 6) is -15.8. The van der Waals surface area contributed by atoms with Gasteiger partial charge in [-0.25, -0.2) is 19.2 Å². The molecule has 0 aromatic carbocycles. The third-order valence-corrected chi connectivity index (χ3v) is 19.9. The average Bonchev–Trinajstić information content (AvgIpc) is 1.64. The maximum atomic E-state index is 14.0. The average molecular weight is 1520 g/mol. The van der Waals surface area contributed by atoms with Crippen molar-refractivity contribution < 1.29 is 148 Å². The molecule has 1 aliphatic carbocycles. The Morgan fingerprint density at radius 1 is 0.380 bits per heavy atom. The van der Waals surface area contributed by atoms with E-state index in [1.807, 2.05) is 0 Å². The fourth-order valence-electron chi connectivity index (χ4n) is 13.2. The van der Waals surface area contributed by atoms with Gasteiger partial charge < -0.3 is 109 Å². The highest BCUT2D eigenvalue weighted by Crippen LogP contribution is 2.36. The molecule has 6 heterocycles. The van der Waals surface area contributed by atoms with Gasteiger partial charge in [-0.15, -0.1) is 0 Å². The molecule has 0 saturated carbocycles. The van der Waals surface area contributed by atoms with Crippen LogP contribution in [0.2, 0.25) is 0 Å². The summed E-state index contributed by atoms with van der Waals surface area (Å²) in [7, 11) is 0. The molecule has 0 amide bonds. The number of aliphatic hydroxyl groups is 14. The van der Waals surface area contributed by atoms with Crippen molar-refractivity contribution in [1.82, 2.24) is 0 Å². The molecule has 6 saturated heterocycles. The third-order valence-electron chi connectivity index (χ3n) is 19.9. The van der Waals surface area contributed by atoms with E-state index in [9.17, 15) is 110 Å². The van der Waals surface area contributed by atoms with Gasteiger partial charge in [-0.05, 0) is 132 Å². The number of hydrogen-bond donors (Lipinski definition) is 14. The van der Waals surface area contributed by atoms with E-state index in [0.29, 0.717) is 22.3 Å². The fraction of sp³-hybridized carbons (Fsp3) is 0.538. The lowest BCUT2D eigenvalue weighted by Crippen LogP contribution is -2.59. The number of aliphatic hydroxyl groups excluding tert-OH is 14. The Morgan fingerprint density at radius 2 is 0.657 bits per heavy atom. The molecular weight excluding hydrogens is 1420 g/mol. The molecule has 0 aromatic rings. The van der Waals surface area contributed by atoms with Crippen LogP contribution in [0, 0.1) is 47.3 Å². The lowest BCUT2D eigenvalue weighted by molar-refractivity contribution is -0.299. The summed E-state index contributed by atoms with van der Waals surface area (Å²) in [6.07, 6.45) is -2.10. The molecule has 0 aromatic heterocycles. The summed E-state index contributed by atoms with van der Waals surface area (Å²) in [6, 6.07) is 0. The molecule has 0 spiro atoms. The number of esters is 4. The first-order valence-electron chi connectivity index (χ1n) is 35.7. The predicted octanol–water partition coefficient (Wildman–Crippen LogP) is 3.32. The van der Waals surface area contributed by atoms with E-state index < -0.39 is 252 Å². The molecule has 30 nitrogen and oxygen atoms in total. The van der Waals surface area contributed by atoms with Crippen molar-refractivity contribution in [1.29, 1.82) is 0 Å². The smallest absolute Gasteiger partial charge is 0.346 e. The van der Waals surface area contributed by atoms with Crippen LogP contribution < -0.4 is 0 Å². The summed E-state index contributed by atoms with van der Waals surface area (Å²) in [6.45, 7) is 12.9. The van der Waals surface area contributed by atoms with Crippen LogP contribution >= 0.6 is 0 Å². The Morgan fingerprint density at radius 3 is 0.963 bits per heavy atom. The van der Waals surface area contributed by atoms with E-state index in [4.69, 9.17) is 37.9 Å². The van der Waals surface area contributed by atoms with Crippen molar-refractivity contribution in [2.24, 2.45) is 47.3 Å². The molecule has 7 rings (SSSR count). The zero-order chi connectivity index (χ0) is 80.0. The standard InChI is InChI=1S/C78H100O30/c1-35-13-11-15-39(5)61(85)59-65(89)53(105-75(59)99)25-41(7)45(29-79)22-38(4)18-20-50(84)58-64(88)52(104-74(58)98)28-44(10)48(34-102-78-72(96)70(94)68(92)56(32-82)108-78)24-36(2)14-12-16-40(6)62(86)60-66(90)54(106-76(60)100)26-42(8)46(30-80)21-37(3)17-19-49(83)57-63(87)51(103-73(57)97)27-43(9)47(23-35)33-101-77-71(95)69(93)67(91)55(31-81)107-77/h11-24,35-38,41-44,51-56,67-72,77-86,91-96H,25-34H2,1-10H3/t35-,36-,37-,38-,41-,42-,43-,44-,51-,52-,53+,54+,55+,56+,67-,68-,69-,70-,71+,72+,77-,78-/m0/s1. The number of rotatable bonds is 10. The Kier molecular flexibility index (Phi) is 31.2. The van der Waals surface area contributed by atoms with E-state index in [-0.39, 0.29) is 50.0 Å². The van der Waals surface area contributed by atoms with Crippen LogP contribution in [0.3, 0.4) is 0 Å². The van der Waals surface area contributed by atoms with Gasteiger partial charge in [-0.2, -0.15) is 0 Å². The normalized spacial score (nSPS) is 35.0. The van der Waals surface area contributed by atoms with Crippen LogP contribution in [0.4, 0.5) is 0 Å². The van der Waals surface area contributed by atoms with Gasteiger partial charge in [0.2, 0.25) is 23.1 Å². The van der Waals surface area contributed by atoms with Crippen molar-refractivity contribution in [2.75, 3.05) is 39.6 Å². The van der Waals surface area contributed by atoms with Gasteiger partial charge in [0, 0.05) is 0 Å². The molecule has 22 atom stereocenters. The van der Waals surface area contributed by atoms with Gasteiger partial charge in [0.25, 0.3) is 0 Å². The molecule has 8 bridgehead atoms. The minimum atomic E-state index is -1.79. The largest absolute Gasteiger partial charge is 0.507 e. The van der Waals surface area contributed by atoms with Gasteiger partial charge in [-0.3, -0.25) is 19.2 Å². The molecule has 592 valence electrons. The molecule has 14 N–H and O–H groups in total. The zero-order valence-electron chi connectivity index (χ0n) is 61.6. The van der Waals surface area contributed by atoms with Gasteiger partial charge >= 0.3 is 23.9 Å². The lowest BCUT2D eigenvalue weighted by atomic mass is 9.90. The fourth-order valence-corrected chi connectivity index (χ4v) is 13.2. The molecule has 7 aliphatic rings. The minimum absolute atomic E-state index is 0.0576. The molecule has 0 unspecified atom stereocenters. The van der Waals surface area contributed by atoms with E-state index >= 15 is 0 Å². The minimum Gasteiger partial charge on any atom is -0.507 e. The van der Waals surface area contributed by atoms with Crippen molar-refractivity contribution in [3.63, 3.8) is 0 Å². The number of carbonyl (C=O) groups is 8. The van der Waals surface area contributed by atoms with Crippen LogP contribution in [-0.2, 0) is 76.3 Å². The number of Topliss-reactive ketones (excluding diaryl/α,β-unsaturated/α-hetero) is 4. The monoisotopic (exact) mass is 1520 g/mol. The highest BCUT2D eigenvalue weighted by molar-refractivity contribution is 6.26. The highest BCUT2D eigenvalue weighted by Gasteiger charge is 2.49. The second-order valence-electron chi connectivity index (χ2n) is 28.5. The first kappa shape index (κ1) is 86.8. The Hall–Kier alpha value is -8.44. The second-order valence-corrected chi connectivity index (χ2v) is 28.5. The maximum Gasteiger partial charge on any atom is 0.346 e. The Balaban J connectivity index is 1.20. The number of fused-ring (bicyclic) bond motifs is 8. The molecular formula is C78H100O30. The number of allylic oxidation sites excluding steroid dienone is 16. The first-order chi connectivity index (χ1) is 51.0. The number of ketones is 4. The van der Waals surface area contributed by atoms with Gasteiger partial charge in [0.15, 0.2) is 37.0 Å². The van der Waals surface area contributed by atoms with Gasteiger partial charge in [0.1, 0.15) is 94.2 Å². The number of ether oxygens (including phenoxy) is 8. The lowest BCUT2D eigenvalue weighted by Gasteiger charge is -2.39. The maximum absolute atomic E-state index is 14.0. The Bertz CT molecular complexity index is 3600. The van der Waals surface area contributed by atoms with E-state index in [1.165, 1.54) is 50.3 Å². The zero-order valence-corrected chi connectivity index (χ0v) is 61.6. The molecule has 108 heavy (non-hydrogen) atoms. The first-order valence-corrected chi connectivity index (χ1v) is 35.7. The summed E-state index contributed by atoms with van der Waals surface area (Å²) < 4.78 is 44.8. The van der Waals surface area contributed by atoms with E-state index in [1.54, 1.807) is 91.8 Å². The SMILES string of the molecule is CC1=CC=C[C@H](C)C=C(CO[C@H]2O[C@H](CO)[C@H](O)[C@H](O)[C@H]2O)[C@@H](C)C[C@@H]2OC(=O)C(=C(O)C=C[C@H](C)C=C(CO)[C@@H](C)C[C@H]3OC(=O)C(=C(O)C(C)=CC=C[C@H](C)C=C(CO[C@H]4O[C@H](CO)[C@H](O)[C@H](O)[C@H]4O)[C@@H](C)C[C@@H]4OC(=O)C(=C(O)C=C[C@H](C)C=C(CO)[C@@H](C)C[C@H]5OC(=O)C(=C1O)C5=O)C4=O)C3=O)C2=O. The quantitative estimate of drug-likeness (QED) is 0.0645. The van der Waals surface area contributed by atoms with Gasteiger partial charge in [-0.1, -0.05) is 128 Å². The summed E-state index contributed by atoms with van der Waals surface area (Å²) in [5.41, 5.74) is -0.955. The summed E-state index contributed by atoms with van der Waals surface area (Å²) >= 11 is 0. The van der Waals surface area contributed by atoms with Crippen molar-refractivity contribution in [3.05, 3.63) is 164 Å². The Labute approximate surface area is 623 Å². The molecule has 0 radical (unpaired) electrons. The topological polar surface area (TPSA) is 494 Å². The van der Waals surface area contributed by atoms with Crippen molar-refractivity contribution in [3.8, 4) is 0 Å². The number of carbonyl (C=O) groups excluding carboxylic acids is 8. The number of hydrogen-bond acceptors (Lipinski definition) is 30. The van der Waals surface area contributed by atoms with Crippen molar-refractivity contribution >= 4 is 47.0 Å². The van der Waals surface area contributed by atoms with Crippen LogP contribution in [0.15, 0.2) is 164 Å². The third kappa shape index (κ3) is 21.1. The van der Waals surface area contributed by atoms with Crippen LogP contribution in [0.25, 0.3) is 0 Å². The van der Waals surface area contributed by atoms with Crippen LogP contribution in [0.5, 0.6) is 0 Å². The molecule has 30 heteroatoms. The van der Waals surface area contributed by atoms with E-state index in [0.717, 1.165) is 12.2 Å². The summed E-state index contributed by atoms with van der Waals surface area (Å²) in [4.78, 5) is 109. The highest BCUT2D eigenvalue weighted by atomic mass is 16.7. The van der Waals surface area contributed by atoms with Gasteiger partial charge in [0.05, 0.1) is 39.6 Å².